The average molecular weight is 138 g/mol. The van der Waals surface area contributed by atoms with Gasteiger partial charge >= 0.3 is 7.12 Å². The maximum absolute atomic E-state index is 8.55. The van der Waals surface area contributed by atoms with E-state index in [2.05, 4.69) is 0 Å². The average Bonchev–Trinajstić information content (AvgIpc) is 2.14. The van der Waals surface area contributed by atoms with Crippen molar-refractivity contribution in [2.75, 3.05) is 0 Å². The van der Waals surface area contributed by atoms with E-state index in [9.17, 15) is 0 Å². The number of rotatable bonds is 1. The van der Waals surface area contributed by atoms with Crippen LogP contribution in [0.4, 0.5) is 0 Å². The molecule has 0 fully saturated rings. The Balaban J connectivity index is 2.85. The maximum Gasteiger partial charge on any atom is 0.499 e. The van der Waals surface area contributed by atoms with Crippen molar-refractivity contribution in [3.8, 4) is 0 Å². The van der Waals surface area contributed by atoms with Gasteiger partial charge in [-0.2, -0.15) is 11.3 Å². The molecule has 2 nitrogen and oxygen atoms in total. The van der Waals surface area contributed by atoms with Crippen molar-refractivity contribution in [2.45, 2.75) is 0 Å². The van der Waals surface area contributed by atoms with Gasteiger partial charge in [-0.15, -0.1) is 0 Å². The Morgan fingerprint density at radius 1 is 1.56 bits per heavy atom. The summed E-state index contributed by atoms with van der Waals surface area (Å²) in [7, 11) is 3.92. The van der Waals surface area contributed by atoms with E-state index in [0.717, 1.165) is 0 Å². The zero-order valence-corrected chi connectivity index (χ0v) is 5.43. The molecule has 1 rings (SSSR count). The fourth-order valence-corrected chi connectivity index (χ4v) is 1.17. The molecule has 0 saturated heterocycles. The minimum atomic E-state index is -1.38. The summed E-state index contributed by atoms with van der Waals surface area (Å²) >= 11 is 1.23. The zero-order valence-electron chi connectivity index (χ0n) is 4.61. The van der Waals surface area contributed by atoms with E-state index in [1.165, 1.54) is 17.4 Å². The van der Waals surface area contributed by atoms with E-state index in [1.54, 1.807) is 5.38 Å². The molecule has 0 amide bonds. The minimum absolute atomic E-state index is 0.479. The van der Waals surface area contributed by atoms with Crippen LogP contribution >= 0.6 is 11.3 Å². The number of hydrogen-bond donors (Lipinski definition) is 2. The predicted molar refractivity (Wildman–Crippen MR) is 39.5 cm³/mol. The molecule has 2 N–H and O–H groups in total. The van der Waals surface area contributed by atoms with E-state index >= 15 is 0 Å². The highest BCUT2D eigenvalue weighted by Crippen LogP contribution is 1.89. The first-order valence-corrected chi connectivity index (χ1v) is 3.28. The molecule has 0 unspecified atom stereocenters. The standard InChI is InChI=1S/C4H4B2O2S/c5-3-1-4(6(7)8)9-2-3/h1-2,7-8H. The van der Waals surface area contributed by atoms with Gasteiger partial charge in [0.15, 0.2) is 0 Å². The molecule has 44 valence electrons. The third-order valence-electron chi connectivity index (χ3n) is 0.894. The van der Waals surface area contributed by atoms with Crippen LogP contribution in [0.5, 0.6) is 0 Å². The Labute approximate surface area is 58.7 Å². The first kappa shape index (κ1) is 6.86. The summed E-state index contributed by atoms with van der Waals surface area (Å²) < 4.78 is 0.479. The molecule has 0 aliphatic rings. The lowest BCUT2D eigenvalue weighted by atomic mass is 9.87. The fraction of sp³-hybridized carbons (Fsp3) is 0. The molecule has 0 aliphatic heterocycles. The highest BCUT2D eigenvalue weighted by atomic mass is 32.1. The zero-order chi connectivity index (χ0) is 6.85. The van der Waals surface area contributed by atoms with Crippen molar-refractivity contribution in [2.24, 2.45) is 0 Å². The molecular formula is C4H4B2O2S. The van der Waals surface area contributed by atoms with Crippen molar-refractivity contribution < 1.29 is 10.0 Å². The third kappa shape index (κ3) is 1.58. The number of thiophene rings is 1. The van der Waals surface area contributed by atoms with Gasteiger partial charge in [-0.3, -0.25) is 0 Å². The molecule has 1 aromatic rings. The lowest BCUT2D eigenvalue weighted by molar-refractivity contribution is 0.427. The van der Waals surface area contributed by atoms with Crippen LogP contribution in [0.3, 0.4) is 0 Å². The normalized spacial score (nSPS) is 9.56. The van der Waals surface area contributed by atoms with Gasteiger partial charge in [0.05, 0.1) is 0 Å². The van der Waals surface area contributed by atoms with E-state index in [1.807, 2.05) is 0 Å². The van der Waals surface area contributed by atoms with Crippen molar-refractivity contribution >= 4 is 36.5 Å². The highest BCUT2D eigenvalue weighted by Gasteiger charge is 2.11. The van der Waals surface area contributed by atoms with Crippen LogP contribution in [0.15, 0.2) is 11.4 Å². The van der Waals surface area contributed by atoms with Crippen LogP contribution in [-0.4, -0.2) is 25.0 Å². The molecule has 1 aromatic heterocycles. The summed E-state index contributed by atoms with van der Waals surface area (Å²) in [5.41, 5.74) is 0.572. The maximum atomic E-state index is 8.55. The first-order valence-electron chi connectivity index (χ1n) is 2.40. The molecule has 5 heteroatoms. The van der Waals surface area contributed by atoms with E-state index in [4.69, 9.17) is 17.9 Å². The Kier molecular flexibility index (Phi) is 1.95. The van der Waals surface area contributed by atoms with Crippen LogP contribution in [0.25, 0.3) is 0 Å². The summed E-state index contributed by atoms with van der Waals surface area (Å²) in [6, 6.07) is 1.54. The third-order valence-corrected chi connectivity index (χ3v) is 1.89. The van der Waals surface area contributed by atoms with Gasteiger partial charge in [0.25, 0.3) is 0 Å². The number of hydrogen-bond acceptors (Lipinski definition) is 3. The van der Waals surface area contributed by atoms with Gasteiger partial charge in [-0.25, -0.2) is 0 Å². The highest BCUT2D eigenvalue weighted by molar-refractivity contribution is 7.21. The van der Waals surface area contributed by atoms with Crippen molar-refractivity contribution in [3.63, 3.8) is 0 Å². The SMILES string of the molecule is [B]c1csc(B(O)O)c1. The van der Waals surface area contributed by atoms with Gasteiger partial charge < -0.3 is 10.0 Å². The van der Waals surface area contributed by atoms with Crippen LogP contribution in [0.1, 0.15) is 0 Å². The molecular weight excluding hydrogens is 134 g/mol. The smallest absolute Gasteiger partial charge is 0.423 e. The second kappa shape index (κ2) is 2.56. The molecule has 0 atom stereocenters. The summed E-state index contributed by atoms with van der Waals surface area (Å²) in [5, 5.41) is 18.8. The monoisotopic (exact) mass is 138 g/mol. The predicted octanol–water partition coefficient (Wildman–Crippen LogP) is -1.78. The van der Waals surface area contributed by atoms with E-state index in [0.29, 0.717) is 10.2 Å². The minimum Gasteiger partial charge on any atom is -0.423 e. The molecule has 0 spiro atoms. The van der Waals surface area contributed by atoms with Gasteiger partial charge in [0.2, 0.25) is 0 Å². The lowest BCUT2D eigenvalue weighted by Crippen LogP contribution is -2.27. The van der Waals surface area contributed by atoms with E-state index in [-0.39, 0.29) is 0 Å². The second-order valence-corrected chi connectivity index (χ2v) is 2.60. The summed E-state index contributed by atoms with van der Waals surface area (Å²) in [5.74, 6) is 0. The molecule has 9 heavy (non-hydrogen) atoms. The Hall–Kier alpha value is -0.250. The van der Waals surface area contributed by atoms with Gasteiger partial charge in [0, 0.05) is 4.78 Å². The second-order valence-electron chi connectivity index (χ2n) is 1.66. The topological polar surface area (TPSA) is 40.5 Å². The van der Waals surface area contributed by atoms with Crippen LogP contribution in [0, 0.1) is 0 Å². The van der Waals surface area contributed by atoms with Crippen molar-refractivity contribution in [1.29, 1.82) is 0 Å². The van der Waals surface area contributed by atoms with Crippen LogP contribution in [-0.2, 0) is 0 Å². The van der Waals surface area contributed by atoms with Crippen molar-refractivity contribution in [3.05, 3.63) is 11.4 Å². The Morgan fingerprint density at radius 3 is 2.44 bits per heavy atom. The van der Waals surface area contributed by atoms with Gasteiger partial charge in [-0.1, -0.05) is 11.5 Å². The van der Waals surface area contributed by atoms with Crippen LogP contribution < -0.4 is 10.2 Å². The van der Waals surface area contributed by atoms with Gasteiger partial charge in [0.1, 0.15) is 7.85 Å². The summed E-state index contributed by atoms with van der Waals surface area (Å²) in [6.07, 6.45) is 0. The molecule has 0 bridgehead atoms. The van der Waals surface area contributed by atoms with Crippen molar-refractivity contribution in [1.82, 2.24) is 0 Å². The van der Waals surface area contributed by atoms with Crippen LogP contribution in [0.2, 0.25) is 0 Å². The molecule has 0 saturated carbocycles. The largest absolute Gasteiger partial charge is 0.499 e. The summed E-state index contributed by atoms with van der Waals surface area (Å²) in [4.78, 5) is 0. The molecule has 0 aliphatic carbocycles. The van der Waals surface area contributed by atoms with E-state index < -0.39 is 7.12 Å². The molecule has 1 heterocycles. The lowest BCUT2D eigenvalue weighted by Gasteiger charge is -1.87. The fourth-order valence-electron chi connectivity index (χ4n) is 0.504. The summed E-state index contributed by atoms with van der Waals surface area (Å²) in [6.45, 7) is 0. The Morgan fingerprint density at radius 2 is 2.22 bits per heavy atom. The van der Waals surface area contributed by atoms with Gasteiger partial charge in [-0.05, 0) is 5.38 Å². The Bertz CT molecular complexity index is 198. The first-order chi connectivity index (χ1) is 4.20. The molecule has 2 radical (unpaired) electrons. The quantitative estimate of drug-likeness (QED) is 0.450. The molecule has 0 aromatic carbocycles.